The Kier molecular flexibility index (Phi) is 7.63. The SMILES string of the molecule is CCC(=O)c1cc(F)c(OCC2CN(Cc3cccn3S(=O)(=O)c3ccccc3)CCO2)c(F)c1. The van der Waals surface area contributed by atoms with Gasteiger partial charge < -0.3 is 9.47 Å². The summed E-state index contributed by atoms with van der Waals surface area (Å²) in [7, 11) is -3.73. The number of hydrogen-bond donors (Lipinski definition) is 0. The average Bonchev–Trinajstić information content (AvgIpc) is 3.32. The van der Waals surface area contributed by atoms with Crippen molar-refractivity contribution in [3.63, 3.8) is 0 Å². The van der Waals surface area contributed by atoms with Crippen LogP contribution in [0.3, 0.4) is 0 Å². The first-order chi connectivity index (χ1) is 16.8. The molecule has 186 valence electrons. The molecule has 0 bridgehead atoms. The molecule has 1 aliphatic rings. The number of aromatic nitrogens is 1. The number of hydrogen-bond acceptors (Lipinski definition) is 6. The van der Waals surface area contributed by atoms with Gasteiger partial charge in [0.1, 0.15) is 12.7 Å². The van der Waals surface area contributed by atoms with Gasteiger partial charge in [-0.1, -0.05) is 25.1 Å². The molecule has 1 saturated heterocycles. The summed E-state index contributed by atoms with van der Waals surface area (Å²) in [6.45, 7) is 3.15. The number of nitrogens with zero attached hydrogens (tertiary/aromatic N) is 2. The highest BCUT2D eigenvalue weighted by Crippen LogP contribution is 2.25. The molecule has 0 radical (unpaired) electrons. The summed E-state index contributed by atoms with van der Waals surface area (Å²) in [4.78, 5) is 13.9. The van der Waals surface area contributed by atoms with Gasteiger partial charge in [-0.15, -0.1) is 0 Å². The molecule has 7 nitrogen and oxygen atoms in total. The van der Waals surface area contributed by atoms with Crippen molar-refractivity contribution in [2.75, 3.05) is 26.3 Å². The molecule has 0 N–H and O–H groups in total. The fourth-order valence-corrected chi connectivity index (χ4v) is 5.34. The molecule has 35 heavy (non-hydrogen) atoms. The molecular formula is C25H26F2N2O5S. The first-order valence-electron chi connectivity index (χ1n) is 11.3. The van der Waals surface area contributed by atoms with E-state index >= 15 is 0 Å². The number of carbonyl (C=O) groups excluding carboxylic acids is 1. The second kappa shape index (κ2) is 10.7. The Morgan fingerprint density at radius 1 is 1.11 bits per heavy atom. The van der Waals surface area contributed by atoms with Crippen LogP contribution in [0.2, 0.25) is 0 Å². The van der Waals surface area contributed by atoms with E-state index in [1.54, 1.807) is 49.4 Å². The standard InChI is InChI=1S/C25H26F2N2O5S/c1-2-24(30)18-13-22(26)25(23(27)14-18)34-17-20-16-28(11-12-33-20)15-19-7-6-10-29(19)35(31,32)21-8-4-3-5-9-21/h3-10,13-14,20H,2,11-12,15-17H2,1H3. The van der Waals surface area contributed by atoms with Crippen molar-refractivity contribution in [3.8, 4) is 5.75 Å². The van der Waals surface area contributed by atoms with Gasteiger partial charge in [-0.2, -0.15) is 0 Å². The maximum absolute atomic E-state index is 14.4. The van der Waals surface area contributed by atoms with Crippen molar-refractivity contribution in [1.82, 2.24) is 8.87 Å². The Labute approximate surface area is 202 Å². The third-order valence-electron chi connectivity index (χ3n) is 5.76. The Morgan fingerprint density at radius 3 is 2.51 bits per heavy atom. The van der Waals surface area contributed by atoms with Crippen LogP contribution in [-0.2, 0) is 21.3 Å². The molecule has 0 amide bonds. The lowest BCUT2D eigenvalue weighted by Gasteiger charge is -2.33. The normalized spacial score (nSPS) is 16.8. The van der Waals surface area contributed by atoms with Gasteiger partial charge in [0.05, 0.1) is 11.5 Å². The van der Waals surface area contributed by atoms with E-state index in [0.717, 1.165) is 12.1 Å². The molecule has 10 heteroatoms. The van der Waals surface area contributed by atoms with E-state index in [1.165, 1.54) is 10.2 Å². The molecule has 4 rings (SSSR count). The minimum atomic E-state index is -3.73. The Hall–Kier alpha value is -3.08. The lowest BCUT2D eigenvalue weighted by molar-refractivity contribution is -0.0516. The number of morpholine rings is 1. The van der Waals surface area contributed by atoms with Gasteiger partial charge in [-0.3, -0.25) is 9.69 Å². The van der Waals surface area contributed by atoms with E-state index in [4.69, 9.17) is 9.47 Å². The number of rotatable bonds is 9. The molecule has 2 heterocycles. The minimum absolute atomic E-state index is 0.0385. The largest absolute Gasteiger partial charge is 0.485 e. The van der Waals surface area contributed by atoms with Crippen LogP contribution in [0.15, 0.2) is 65.7 Å². The summed E-state index contributed by atoms with van der Waals surface area (Å²) in [5, 5.41) is 0. The number of benzene rings is 2. The van der Waals surface area contributed by atoms with Crippen LogP contribution in [-0.4, -0.2) is 55.5 Å². The summed E-state index contributed by atoms with van der Waals surface area (Å²) < 4.78 is 67.1. The molecule has 2 aromatic carbocycles. The quantitative estimate of drug-likeness (QED) is 0.412. The van der Waals surface area contributed by atoms with Crippen LogP contribution in [0.25, 0.3) is 0 Å². The van der Waals surface area contributed by atoms with Gasteiger partial charge in [0.25, 0.3) is 10.0 Å². The highest BCUT2D eigenvalue weighted by atomic mass is 32.2. The van der Waals surface area contributed by atoms with Crippen molar-refractivity contribution in [2.24, 2.45) is 0 Å². The van der Waals surface area contributed by atoms with Crippen LogP contribution < -0.4 is 4.74 Å². The van der Waals surface area contributed by atoms with Crippen LogP contribution >= 0.6 is 0 Å². The molecule has 3 aromatic rings. The highest BCUT2D eigenvalue weighted by molar-refractivity contribution is 7.90. The van der Waals surface area contributed by atoms with Crippen LogP contribution in [0.1, 0.15) is 29.4 Å². The molecular weight excluding hydrogens is 478 g/mol. The van der Waals surface area contributed by atoms with E-state index in [1.807, 2.05) is 4.90 Å². The fraction of sp³-hybridized carbons (Fsp3) is 0.320. The summed E-state index contributed by atoms with van der Waals surface area (Å²) in [6, 6.07) is 13.5. The summed E-state index contributed by atoms with van der Waals surface area (Å²) in [5.74, 6) is -2.81. The monoisotopic (exact) mass is 504 g/mol. The van der Waals surface area contributed by atoms with Crippen LogP contribution in [0.5, 0.6) is 5.75 Å². The topological polar surface area (TPSA) is 77.8 Å². The molecule has 1 atom stereocenters. The highest BCUT2D eigenvalue weighted by Gasteiger charge is 2.25. The Balaban J connectivity index is 1.41. The molecule has 1 aromatic heterocycles. The van der Waals surface area contributed by atoms with Crippen molar-refractivity contribution < 1.29 is 31.5 Å². The molecule has 1 fully saturated rings. The summed E-state index contributed by atoms with van der Waals surface area (Å²) >= 11 is 0. The van der Waals surface area contributed by atoms with E-state index in [0.29, 0.717) is 31.9 Å². The van der Waals surface area contributed by atoms with Crippen LogP contribution in [0, 0.1) is 11.6 Å². The molecule has 0 spiro atoms. The second-order valence-corrected chi connectivity index (χ2v) is 10.0. The van der Waals surface area contributed by atoms with Crippen molar-refractivity contribution in [2.45, 2.75) is 30.9 Å². The van der Waals surface area contributed by atoms with E-state index < -0.39 is 33.5 Å². The van der Waals surface area contributed by atoms with Gasteiger partial charge in [0.15, 0.2) is 23.2 Å². The van der Waals surface area contributed by atoms with Crippen LogP contribution in [0.4, 0.5) is 8.78 Å². The van der Waals surface area contributed by atoms with Crippen molar-refractivity contribution in [1.29, 1.82) is 0 Å². The van der Waals surface area contributed by atoms with Gasteiger partial charge in [-0.05, 0) is 36.4 Å². The zero-order chi connectivity index (χ0) is 25.0. The Bertz CT molecular complexity index is 1270. The number of ketones is 1. The zero-order valence-corrected chi connectivity index (χ0v) is 20.0. The molecule has 1 aliphatic heterocycles. The third kappa shape index (κ3) is 5.61. The van der Waals surface area contributed by atoms with E-state index in [9.17, 15) is 22.0 Å². The van der Waals surface area contributed by atoms with Crippen molar-refractivity contribution in [3.05, 3.63) is 83.7 Å². The molecule has 1 unspecified atom stereocenters. The number of ether oxygens (including phenoxy) is 2. The van der Waals surface area contributed by atoms with Crippen molar-refractivity contribution >= 4 is 15.8 Å². The van der Waals surface area contributed by atoms with E-state index in [2.05, 4.69) is 0 Å². The fourth-order valence-electron chi connectivity index (χ4n) is 3.96. The second-order valence-electron chi connectivity index (χ2n) is 8.20. The third-order valence-corrected chi connectivity index (χ3v) is 7.50. The van der Waals surface area contributed by atoms with Gasteiger partial charge in [0.2, 0.25) is 0 Å². The predicted octanol–water partition coefficient (Wildman–Crippen LogP) is 3.88. The summed E-state index contributed by atoms with van der Waals surface area (Å²) in [5.41, 5.74) is 0.548. The number of Topliss-reactive ketones (excluding diaryl/α,β-unsaturated/α-hetero) is 1. The smallest absolute Gasteiger partial charge is 0.267 e. The lowest BCUT2D eigenvalue weighted by Crippen LogP contribution is -2.44. The minimum Gasteiger partial charge on any atom is -0.485 e. The predicted molar refractivity (Wildman–Crippen MR) is 125 cm³/mol. The zero-order valence-electron chi connectivity index (χ0n) is 19.2. The summed E-state index contributed by atoms with van der Waals surface area (Å²) in [6.07, 6.45) is 1.17. The van der Waals surface area contributed by atoms with Gasteiger partial charge in [-0.25, -0.2) is 21.2 Å². The first kappa shape index (κ1) is 25.0. The molecule has 0 saturated carbocycles. The maximum atomic E-state index is 14.4. The van der Waals surface area contributed by atoms with Gasteiger partial charge >= 0.3 is 0 Å². The lowest BCUT2D eigenvalue weighted by atomic mass is 10.1. The molecule has 0 aliphatic carbocycles. The maximum Gasteiger partial charge on any atom is 0.267 e. The van der Waals surface area contributed by atoms with E-state index in [-0.39, 0.29) is 29.3 Å². The number of carbonyl (C=O) groups is 1. The Morgan fingerprint density at radius 2 is 1.83 bits per heavy atom. The number of halogens is 2. The first-order valence-corrected chi connectivity index (χ1v) is 12.7. The van der Waals surface area contributed by atoms with Gasteiger partial charge in [0, 0.05) is 43.5 Å². The average molecular weight is 505 g/mol.